The fourth-order valence-electron chi connectivity index (χ4n) is 3.79. The van der Waals surface area contributed by atoms with Crippen molar-refractivity contribution in [2.75, 3.05) is 10.6 Å². The van der Waals surface area contributed by atoms with E-state index in [-0.39, 0.29) is 22.8 Å². The Morgan fingerprint density at radius 2 is 1.35 bits per heavy atom. The standard InChI is InChI=1S/C33H31N3O3S/c1-22-14-15-28(20-23(22)2)35-31(37)24(3)40-29-18-16-27(17-19-29)34-33(39)30(21-25-10-6-4-7-11-25)36-32(38)26-12-8-5-9-13-26/h4-21,24H,1-3H3,(H,34,39)(H,35,37)(H,36,38)/b30-21-. The van der Waals surface area contributed by atoms with Crippen LogP contribution in [0.3, 0.4) is 0 Å². The zero-order valence-electron chi connectivity index (χ0n) is 22.6. The van der Waals surface area contributed by atoms with Crippen LogP contribution in [0, 0.1) is 13.8 Å². The molecule has 1 atom stereocenters. The number of hydrogen-bond acceptors (Lipinski definition) is 4. The summed E-state index contributed by atoms with van der Waals surface area (Å²) in [7, 11) is 0. The molecule has 0 radical (unpaired) electrons. The van der Waals surface area contributed by atoms with Gasteiger partial charge < -0.3 is 16.0 Å². The molecule has 3 amide bonds. The van der Waals surface area contributed by atoms with Crippen LogP contribution in [0.15, 0.2) is 114 Å². The average molecular weight is 550 g/mol. The molecule has 0 saturated carbocycles. The van der Waals surface area contributed by atoms with Gasteiger partial charge in [-0.3, -0.25) is 14.4 Å². The number of rotatable bonds is 9. The van der Waals surface area contributed by atoms with E-state index in [1.165, 1.54) is 17.3 Å². The number of anilines is 2. The van der Waals surface area contributed by atoms with E-state index in [9.17, 15) is 14.4 Å². The Balaban J connectivity index is 1.41. The van der Waals surface area contributed by atoms with Crippen molar-refractivity contribution in [2.24, 2.45) is 0 Å². The highest BCUT2D eigenvalue weighted by Gasteiger charge is 2.17. The maximum absolute atomic E-state index is 13.2. The van der Waals surface area contributed by atoms with Gasteiger partial charge in [0.05, 0.1) is 5.25 Å². The maximum Gasteiger partial charge on any atom is 0.272 e. The van der Waals surface area contributed by atoms with Gasteiger partial charge in [-0.15, -0.1) is 11.8 Å². The lowest BCUT2D eigenvalue weighted by molar-refractivity contribution is -0.115. The molecular weight excluding hydrogens is 518 g/mol. The van der Waals surface area contributed by atoms with Crippen molar-refractivity contribution < 1.29 is 14.4 Å². The molecule has 4 rings (SSSR count). The van der Waals surface area contributed by atoms with Crippen molar-refractivity contribution in [3.63, 3.8) is 0 Å². The molecule has 202 valence electrons. The van der Waals surface area contributed by atoms with Crippen molar-refractivity contribution in [2.45, 2.75) is 30.9 Å². The molecule has 0 saturated heterocycles. The lowest BCUT2D eigenvalue weighted by atomic mass is 10.1. The molecule has 0 heterocycles. The van der Waals surface area contributed by atoms with Gasteiger partial charge in [-0.05, 0) is 92.1 Å². The van der Waals surface area contributed by atoms with Crippen LogP contribution >= 0.6 is 11.8 Å². The van der Waals surface area contributed by atoms with Crippen LogP contribution in [-0.2, 0) is 9.59 Å². The Morgan fingerprint density at radius 3 is 2.00 bits per heavy atom. The normalized spacial score (nSPS) is 11.8. The number of nitrogens with one attached hydrogen (secondary N) is 3. The first-order chi connectivity index (χ1) is 19.3. The van der Waals surface area contributed by atoms with Gasteiger partial charge in [0.15, 0.2) is 0 Å². The third kappa shape index (κ3) is 7.94. The highest BCUT2D eigenvalue weighted by Crippen LogP contribution is 2.26. The van der Waals surface area contributed by atoms with Gasteiger partial charge in [0.2, 0.25) is 5.91 Å². The summed E-state index contributed by atoms with van der Waals surface area (Å²) < 4.78 is 0. The number of benzene rings is 4. The molecule has 3 N–H and O–H groups in total. The van der Waals surface area contributed by atoms with E-state index >= 15 is 0 Å². The summed E-state index contributed by atoms with van der Waals surface area (Å²) in [4.78, 5) is 39.6. The van der Waals surface area contributed by atoms with E-state index in [0.717, 1.165) is 21.7 Å². The number of thioether (sulfide) groups is 1. The predicted molar refractivity (Wildman–Crippen MR) is 163 cm³/mol. The summed E-state index contributed by atoms with van der Waals surface area (Å²) in [5.41, 5.74) is 4.99. The molecule has 0 aliphatic carbocycles. The average Bonchev–Trinajstić information content (AvgIpc) is 2.96. The summed E-state index contributed by atoms with van der Waals surface area (Å²) in [6, 6.07) is 31.1. The Hall–Kier alpha value is -4.62. The molecule has 6 nitrogen and oxygen atoms in total. The zero-order valence-corrected chi connectivity index (χ0v) is 23.4. The van der Waals surface area contributed by atoms with Crippen LogP contribution in [0.5, 0.6) is 0 Å². The number of aryl methyl sites for hydroxylation is 2. The predicted octanol–water partition coefficient (Wildman–Crippen LogP) is 6.83. The second-order valence-corrected chi connectivity index (χ2v) is 10.7. The van der Waals surface area contributed by atoms with Crippen LogP contribution in [-0.4, -0.2) is 23.0 Å². The van der Waals surface area contributed by atoms with Crippen LogP contribution in [0.2, 0.25) is 0 Å². The fraction of sp³-hybridized carbons (Fsp3) is 0.121. The van der Waals surface area contributed by atoms with Crippen LogP contribution in [0.1, 0.15) is 34.0 Å². The van der Waals surface area contributed by atoms with E-state index in [4.69, 9.17) is 0 Å². The number of hydrogen-bond donors (Lipinski definition) is 3. The summed E-state index contributed by atoms with van der Waals surface area (Å²) in [6.07, 6.45) is 1.64. The van der Waals surface area contributed by atoms with Crippen LogP contribution < -0.4 is 16.0 Å². The molecule has 1 unspecified atom stereocenters. The number of carbonyl (C=O) groups excluding carboxylic acids is 3. The van der Waals surface area contributed by atoms with Crippen molar-refractivity contribution >= 4 is 46.9 Å². The highest BCUT2D eigenvalue weighted by molar-refractivity contribution is 8.00. The fourth-order valence-corrected chi connectivity index (χ4v) is 4.66. The first kappa shape index (κ1) is 28.4. The van der Waals surface area contributed by atoms with E-state index in [1.54, 1.807) is 42.5 Å². The summed E-state index contributed by atoms with van der Waals surface area (Å²) in [6.45, 7) is 5.90. The minimum Gasteiger partial charge on any atom is -0.325 e. The smallest absolute Gasteiger partial charge is 0.272 e. The minimum atomic E-state index is -0.449. The van der Waals surface area contributed by atoms with Crippen molar-refractivity contribution in [3.05, 3.63) is 131 Å². The lowest BCUT2D eigenvalue weighted by Crippen LogP contribution is -2.30. The quantitative estimate of drug-likeness (QED) is 0.158. The highest BCUT2D eigenvalue weighted by atomic mass is 32.2. The van der Waals surface area contributed by atoms with Gasteiger partial charge in [0.1, 0.15) is 5.70 Å². The van der Waals surface area contributed by atoms with Gasteiger partial charge >= 0.3 is 0 Å². The molecule has 0 aromatic heterocycles. The zero-order chi connectivity index (χ0) is 28.5. The molecule has 0 spiro atoms. The summed E-state index contributed by atoms with van der Waals surface area (Å²) in [5, 5.41) is 8.24. The van der Waals surface area contributed by atoms with Gasteiger partial charge in [-0.1, -0.05) is 54.6 Å². The molecule has 0 fully saturated rings. The van der Waals surface area contributed by atoms with Gasteiger partial charge in [0.25, 0.3) is 11.8 Å². The van der Waals surface area contributed by atoms with Crippen molar-refractivity contribution in [1.82, 2.24) is 5.32 Å². The Morgan fingerprint density at radius 1 is 0.725 bits per heavy atom. The van der Waals surface area contributed by atoms with Crippen LogP contribution in [0.4, 0.5) is 11.4 Å². The van der Waals surface area contributed by atoms with Gasteiger partial charge in [-0.25, -0.2) is 0 Å². The molecular formula is C33H31N3O3S. The topological polar surface area (TPSA) is 87.3 Å². The SMILES string of the molecule is Cc1ccc(NC(=O)C(C)Sc2ccc(NC(=O)/C(=C/c3ccccc3)NC(=O)c3ccccc3)cc2)cc1C. The number of carbonyl (C=O) groups is 3. The Labute approximate surface area is 238 Å². The van der Waals surface area contributed by atoms with Crippen LogP contribution in [0.25, 0.3) is 6.08 Å². The molecule has 0 bridgehead atoms. The Kier molecular flexibility index (Phi) is 9.54. The largest absolute Gasteiger partial charge is 0.325 e. The molecule has 4 aromatic rings. The first-order valence-electron chi connectivity index (χ1n) is 12.9. The molecule has 0 aliphatic rings. The number of amides is 3. The molecule has 0 aliphatic heterocycles. The van der Waals surface area contributed by atoms with Gasteiger partial charge in [-0.2, -0.15) is 0 Å². The van der Waals surface area contributed by atoms with Crippen molar-refractivity contribution in [3.8, 4) is 0 Å². The summed E-state index contributed by atoms with van der Waals surface area (Å²) >= 11 is 1.43. The third-order valence-electron chi connectivity index (χ3n) is 6.21. The minimum absolute atomic E-state index is 0.0875. The Bertz CT molecular complexity index is 1520. The second-order valence-electron chi connectivity index (χ2n) is 9.32. The molecule has 4 aromatic carbocycles. The lowest BCUT2D eigenvalue weighted by Gasteiger charge is -2.14. The van der Waals surface area contributed by atoms with E-state index in [2.05, 4.69) is 16.0 Å². The second kappa shape index (κ2) is 13.4. The van der Waals surface area contributed by atoms with Crippen molar-refractivity contribution in [1.29, 1.82) is 0 Å². The van der Waals surface area contributed by atoms with E-state index in [0.29, 0.717) is 11.3 Å². The third-order valence-corrected chi connectivity index (χ3v) is 7.32. The summed E-state index contributed by atoms with van der Waals surface area (Å²) in [5.74, 6) is -0.914. The monoisotopic (exact) mass is 549 g/mol. The first-order valence-corrected chi connectivity index (χ1v) is 13.8. The maximum atomic E-state index is 13.2. The van der Waals surface area contributed by atoms with Gasteiger partial charge in [0, 0.05) is 21.8 Å². The molecule has 7 heteroatoms. The van der Waals surface area contributed by atoms with E-state index in [1.807, 2.05) is 87.5 Å². The van der Waals surface area contributed by atoms with E-state index < -0.39 is 5.91 Å². The molecule has 40 heavy (non-hydrogen) atoms.